The fourth-order valence-corrected chi connectivity index (χ4v) is 3.56. The second kappa shape index (κ2) is 9.08. The third-order valence-electron chi connectivity index (χ3n) is 3.48. The molecule has 1 heterocycles. The maximum Gasteiger partial charge on any atom is 0.224 e. The predicted octanol–water partition coefficient (Wildman–Crippen LogP) is 4.48. The van der Waals surface area contributed by atoms with E-state index in [1.165, 1.54) is 10.4 Å². The van der Waals surface area contributed by atoms with Gasteiger partial charge in [0.2, 0.25) is 5.91 Å². The van der Waals surface area contributed by atoms with Gasteiger partial charge in [-0.3, -0.25) is 4.79 Å². The summed E-state index contributed by atoms with van der Waals surface area (Å²) in [6, 6.07) is 5.79. The summed E-state index contributed by atoms with van der Waals surface area (Å²) in [5, 5.41) is 5.01. The summed E-state index contributed by atoms with van der Waals surface area (Å²) in [4.78, 5) is 13.4. The molecule has 6 heteroatoms. The van der Waals surface area contributed by atoms with Gasteiger partial charge in [0.05, 0.1) is 26.2 Å². The SMILES string of the molecule is CCOc1cc(Br)c(CC(=O)NCc2sccc2C)cc1OCC. The second-order valence-corrected chi connectivity index (χ2v) is 7.09. The smallest absolute Gasteiger partial charge is 0.224 e. The Kier molecular flexibility index (Phi) is 7.12. The normalized spacial score (nSPS) is 10.5. The maximum atomic E-state index is 12.3. The van der Waals surface area contributed by atoms with Crippen LogP contribution in [0.5, 0.6) is 11.5 Å². The van der Waals surface area contributed by atoms with E-state index in [1.807, 2.05) is 31.4 Å². The minimum atomic E-state index is -0.0184. The van der Waals surface area contributed by atoms with E-state index in [2.05, 4.69) is 34.2 Å². The zero-order valence-corrected chi connectivity index (χ0v) is 16.6. The van der Waals surface area contributed by atoms with Crippen molar-refractivity contribution in [2.24, 2.45) is 0 Å². The Hall–Kier alpha value is -1.53. The Balaban J connectivity index is 2.06. The van der Waals surface area contributed by atoms with Gasteiger partial charge in [0, 0.05) is 9.35 Å². The number of thiophene rings is 1. The maximum absolute atomic E-state index is 12.3. The van der Waals surface area contributed by atoms with E-state index in [4.69, 9.17) is 9.47 Å². The topological polar surface area (TPSA) is 47.6 Å². The van der Waals surface area contributed by atoms with Gasteiger partial charge in [0.25, 0.3) is 0 Å². The summed E-state index contributed by atoms with van der Waals surface area (Å²) in [5.74, 6) is 1.33. The molecule has 130 valence electrons. The van der Waals surface area contributed by atoms with Crippen molar-refractivity contribution in [2.45, 2.75) is 33.7 Å². The molecule has 2 rings (SSSR count). The van der Waals surface area contributed by atoms with E-state index < -0.39 is 0 Å². The van der Waals surface area contributed by atoms with Crippen molar-refractivity contribution >= 4 is 33.2 Å². The molecule has 0 aliphatic carbocycles. The van der Waals surface area contributed by atoms with Gasteiger partial charge in [-0.1, -0.05) is 15.9 Å². The molecular weight excluding hydrogens is 390 g/mol. The molecule has 0 spiro atoms. The minimum absolute atomic E-state index is 0.0184. The van der Waals surface area contributed by atoms with Crippen LogP contribution >= 0.6 is 27.3 Å². The highest BCUT2D eigenvalue weighted by molar-refractivity contribution is 9.10. The van der Waals surface area contributed by atoms with Crippen LogP contribution in [0.1, 0.15) is 29.9 Å². The summed E-state index contributed by atoms with van der Waals surface area (Å²) < 4.78 is 12.1. The third kappa shape index (κ3) is 4.98. The summed E-state index contributed by atoms with van der Waals surface area (Å²) in [6.07, 6.45) is 0.289. The zero-order chi connectivity index (χ0) is 17.5. The highest BCUT2D eigenvalue weighted by atomic mass is 79.9. The molecule has 1 aromatic heterocycles. The second-order valence-electron chi connectivity index (χ2n) is 5.24. The number of amides is 1. The van der Waals surface area contributed by atoms with Crippen molar-refractivity contribution in [3.8, 4) is 11.5 Å². The van der Waals surface area contributed by atoms with Crippen LogP contribution in [0.15, 0.2) is 28.1 Å². The Morgan fingerprint density at radius 3 is 2.46 bits per heavy atom. The van der Waals surface area contributed by atoms with Crippen LogP contribution in [-0.2, 0) is 17.8 Å². The highest BCUT2D eigenvalue weighted by Gasteiger charge is 2.14. The number of ether oxygens (including phenoxy) is 2. The lowest BCUT2D eigenvalue weighted by atomic mass is 10.1. The van der Waals surface area contributed by atoms with Gasteiger partial charge in [0.1, 0.15) is 0 Å². The van der Waals surface area contributed by atoms with Crippen LogP contribution < -0.4 is 14.8 Å². The minimum Gasteiger partial charge on any atom is -0.490 e. The highest BCUT2D eigenvalue weighted by Crippen LogP contribution is 2.34. The Labute approximate surface area is 155 Å². The van der Waals surface area contributed by atoms with Crippen LogP contribution in [0.4, 0.5) is 0 Å². The Morgan fingerprint density at radius 1 is 1.21 bits per heavy atom. The van der Waals surface area contributed by atoms with E-state index in [0.717, 1.165) is 10.0 Å². The first kappa shape index (κ1) is 18.8. The lowest BCUT2D eigenvalue weighted by molar-refractivity contribution is -0.120. The van der Waals surface area contributed by atoms with Gasteiger partial charge >= 0.3 is 0 Å². The van der Waals surface area contributed by atoms with Crippen molar-refractivity contribution in [1.82, 2.24) is 5.32 Å². The molecule has 1 amide bonds. The molecule has 4 nitrogen and oxygen atoms in total. The molecule has 0 saturated heterocycles. The summed E-state index contributed by atoms with van der Waals surface area (Å²) in [5.41, 5.74) is 2.09. The van der Waals surface area contributed by atoms with E-state index in [9.17, 15) is 4.79 Å². The van der Waals surface area contributed by atoms with Crippen LogP contribution in [-0.4, -0.2) is 19.1 Å². The number of rotatable bonds is 8. The first-order valence-electron chi connectivity index (χ1n) is 7.92. The van der Waals surface area contributed by atoms with Crippen molar-refractivity contribution in [3.63, 3.8) is 0 Å². The number of aryl methyl sites for hydroxylation is 1. The number of carbonyl (C=O) groups excluding carboxylic acids is 1. The predicted molar refractivity (Wildman–Crippen MR) is 101 cm³/mol. The van der Waals surface area contributed by atoms with Crippen molar-refractivity contribution < 1.29 is 14.3 Å². The lowest BCUT2D eigenvalue weighted by Gasteiger charge is -2.14. The van der Waals surface area contributed by atoms with E-state index in [0.29, 0.717) is 31.3 Å². The third-order valence-corrected chi connectivity index (χ3v) is 5.24. The summed E-state index contributed by atoms with van der Waals surface area (Å²) in [6.45, 7) is 7.58. The molecule has 0 aliphatic heterocycles. The lowest BCUT2D eigenvalue weighted by Crippen LogP contribution is -2.24. The standard InChI is InChI=1S/C18H22BrNO3S/c1-4-22-15-8-13(14(19)10-16(15)23-5-2)9-18(21)20-11-17-12(3)6-7-24-17/h6-8,10H,4-5,9,11H2,1-3H3,(H,20,21). The number of hydrogen-bond acceptors (Lipinski definition) is 4. The number of hydrogen-bond donors (Lipinski definition) is 1. The molecule has 0 fully saturated rings. The van der Waals surface area contributed by atoms with Gasteiger partial charge in [-0.2, -0.15) is 0 Å². The number of nitrogens with one attached hydrogen (secondary N) is 1. The average molecular weight is 412 g/mol. The van der Waals surface area contributed by atoms with Crippen molar-refractivity contribution in [1.29, 1.82) is 0 Å². The van der Waals surface area contributed by atoms with Gasteiger partial charge < -0.3 is 14.8 Å². The molecule has 0 atom stereocenters. The fourth-order valence-electron chi connectivity index (χ4n) is 2.25. The molecule has 1 N–H and O–H groups in total. The van der Waals surface area contributed by atoms with Crippen LogP contribution in [0.2, 0.25) is 0 Å². The Morgan fingerprint density at radius 2 is 1.88 bits per heavy atom. The number of benzene rings is 1. The summed E-state index contributed by atoms with van der Waals surface area (Å²) in [7, 11) is 0. The zero-order valence-electron chi connectivity index (χ0n) is 14.1. The molecule has 0 radical (unpaired) electrons. The number of carbonyl (C=O) groups is 1. The van der Waals surface area contributed by atoms with Crippen LogP contribution in [0, 0.1) is 6.92 Å². The Bertz CT molecular complexity index is 700. The van der Waals surface area contributed by atoms with Crippen LogP contribution in [0.25, 0.3) is 0 Å². The quantitative estimate of drug-likeness (QED) is 0.696. The fraction of sp³-hybridized carbons (Fsp3) is 0.389. The van der Waals surface area contributed by atoms with Gasteiger partial charge in [-0.25, -0.2) is 0 Å². The largest absolute Gasteiger partial charge is 0.490 e. The van der Waals surface area contributed by atoms with Crippen molar-refractivity contribution in [2.75, 3.05) is 13.2 Å². The van der Waals surface area contributed by atoms with Gasteiger partial charge in [-0.05, 0) is 55.5 Å². The monoisotopic (exact) mass is 411 g/mol. The molecule has 0 aliphatic rings. The van der Waals surface area contributed by atoms with Crippen molar-refractivity contribution in [3.05, 3.63) is 44.1 Å². The van der Waals surface area contributed by atoms with Gasteiger partial charge in [0.15, 0.2) is 11.5 Å². The number of halogens is 1. The first-order valence-corrected chi connectivity index (χ1v) is 9.60. The molecule has 1 aromatic carbocycles. The van der Waals surface area contributed by atoms with Crippen LogP contribution in [0.3, 0.4) is 0 Å². The molecule has 2 aromatic rings. The average Bonchev–Trinajstić information content (AvgIpc) is 2.95. The first-order chi connectivity index (χ1) is 11.5. The molecule has 0 unspecified atom stereocenters. The molecule has 24 heavy (non-hydrogen) atoms. The van der Waals surface area contributed by atoms with E-state index in [-0.39, 0.29) is 12.3 Å². The molecule has 0 saturated carbocycles. The summed E-state index contributed by atoms with van der Waals surface area (Å²) >= 11 is 5.18. The van der Waals surface area contributed by atoms with E-state index >= 15 is 0 Å². The molecular formula is C18H22BrNO3S. The van der Waals surface area contributed by atoms with E-state index in [1.54, 1.807) is 11.3 Å². The van der Waals surface area contributed by atoms with Gasteiger partial charge in [-0.15, -0.1) is 11.3 Å². The molecule has 0 bridgehead atoms.